The zero-order valence-corrected chi connectivity index (χ0v) is 7.97. The molecular formula is C9H17F2NO. The molecule has 0 aromatic heterocycles. The van der Waals surface area contributed by atoms with E-state index in [0.29, 0.717) is 0 Å². The molecule has 2 nitrogen and oxygen atoms in total. The molecule has 0 spiro atoms. The first-order valence-corrected chi connectivity index (χ1v) is 4.78. The van der Waals surface area contributed by atoms with E-state index in [4.69, 9.17) is 5.11 Å². The van der Waals surface area contributed by atoms with Gasteiger partial charge in [0, 0.05) is 6.04 Å². The Balaban J connectivity index is 2.42. The minimum absolute atomic E-state index is 0.228. The number of alkyl halides is 2. The summed E-state index contributed by atoms with van der Waals surface area (Å²) in [4.78, 5) is 1.76. The van der Waals surface area contributed by atoms with Gasteiger partial charge in [-0.1, -0.05) is 6.42 Å². The lowest BCUT2D eigenvalue weighted by molar-refractivity contribution is -0.0824. The highest BCUT2D eigenvalue weighted by molar-refractivity contribution is 4.78. The van der Waals surface area contributed by atoms with Crippen molar-refractivity contribution in [1.29, 1.82) is 0 Å². The van der Waals surface area contributed by atoms with Crippen molar-refractivity contribution in [2.45, 2.75) is 38.2 Å². The predicted octanol–water partition coefficient (Wildman–Crippen LogP) is 1.49. The summed E-state index contributed by atoms with van der Waals surface area (Å²) in [5.41, 5.74) is 0. The molecule has 4 heteroatoms. The highest BCUT2D eigenvalue weighted by atomic mass is 19.3. The van der Waals surface area contributed by atoms with Gasteiger partial charge in [-0.2, -0.15) is 0 Å². The van der Waals surface area contributed by atoms with Crippen molar-refractivity contribution >= 4 is 0 Å². The summed E-state index contributed by atoms with van der Waals surface area (Å²) < 4.78 is 25.6. The van der Waals surface area contributed by atoms with Gasteiger partial charge in [0.15, 0.2) is 0 Å². The van der Waals surface area contributed by atoms with Gasteiger partial charge >= 0.3 is 0 Å². The molecule has 0 aliphatic carbocycles. The minimum Gasteiger partial charge on any atom is -0.390 e. The standard InChI is InChI=1S/C9H17F2NO/c1-8-4-2-3-5-12(8)6-9(10,11)7-13/h8,13H,2-7H2,1H3. The Hall–Kier alpha value is -0.220. The second kappa shape index (κ2) is 4.33. The van der Waals surface area contributed by atoms with Crippen LogP contribution in [0.5, 0.6) is 0 Å². The van der Waals surface area contributed by atoms with Gasteiger partial charge in [-0.05, 0) is 26.3 Å². The van der Waals surface area contributed by atoms with Gasteiger partial charge < -0.3 is 5.11 Å². The van der Waals surface area contributed by atoms with Gasteiger partial charge in [0.2, 0.25) is 0 Å². The van der Waals surface area contributed by atoms with E-state index in [1.165, 1.54) is 0 Å². The Kier molecular flexibility index (Phi) is 3.62. The van der Waals surface area contributed by atoms with Crippen LogP contribution < -0.4 is 0 Å². The quantitative estimate of drug-likeness (QED) is 0.734. The van der Waals surface area contributed by atoms with E-state index >= 15 is 0 Å². The Morgan fingerprint density at radius 1 is 1.46 bits per heavy atom. The molecule has 1 saturated heterocycles. The summed E-state index contributed by atoms with van der Waals surface area (Å²) in [5.74, 6) is -2.94. The molecule has 0 aromatic rings. The number of piperidine rings is 1. The summed E-state index contributed by atoms with van der Waals surface area (Å²) in [6, 6.07) is 0.228. The van der Waals surface area contributed by atoms with Gasteiger partial charge in [0.25, 0.3) is 5.92 Å². The van der Waals surface area contributed by atoms with Gasteiger partial charge in [-0.3, -0.25) is 4.90 Å². The van der Waals surface area contributed by atoms with Gasteiger partial charge in [-0.15, -0.1) is 0 Å². The minimum atomic E-state index is -2.94. The van der Waals surface area contributed by atoms with E-state index < -0.39 is 12.5 Å². The van der Waals surface area contributed by atoms with Crippen LogP contribution in [-0.4, -0.2) is 41.7 Å². The van der Waals surface area contributed by atoms with Crippen LogP contribution in [-0.2, 0) is 0 Å². The predicted molar refractivity (Wildman–Crippen MR) is 46.9 cm³/mol. The molecule has 1 aliphatic rings. The Morgan fingerprint density at radius 2 is 2.15 bits per heavy atom. The summed E-state index contributed by atoms with van der Waals surface area (Å²) in [6.07, 6.45) is 3.11. The summed E-state index contributed by atoms with van der Waals surface area (Å²) >= 11 is 0. The van der Waals surface area contributed by atoms with E-state index in [1.54, 1.807) is 4.90 Å². The molecule has 0 saturated carbocycles. The van der Waals surface area contributed by atoms with Crippen LogP contribution in [0.15, 0.2) is 0 Å². The fourth-order valence-electron chi connectivity index (χ4n) is 1.74. The van der Waals surface area contributed by atoms with Crippen LogP contribution in [0.2, 0.25) is 0 Å². The third-order valence-corrected chi connectivity index (χ3v) is 2.61. The van der Waals surface area contributed by atoms with Crippen LogP contribution >= 0.6 is 0 Å². The number of hydrogen-bond donors (Lipinski definition) is 1. The molecule has 0 bridgehead atoms. The number of aliphatic hydroxyl groups is 1. The Morgan fingerprint density at radius 3 is 2.69 bits per heavy atom. The van der Waals surface area contributed by atoms with Crippen LogP contribution in [0.4, 0.5) is 8.78 Å². The van der Waals surface area contributed by atoms with Crippen molar-refractivity contribution in [3.8, 4) is 0 Å². The maximum absolute atomic E-state index is 12.8. The number of likely N-dealkylation sites (tertiary alicyclic amines) is 1. The molecule has 1 N–H and O–H groups in total. The normalized spacial score (nSPS) is 26.3. The van der Waals surface area contributed by atoms with Crippen molar-refractivity contribution in [3.05, 3.63) is 0 Å². The monoisotopic (exact) mass is 193 g/mol. The smallest absolute Gasteiger partial charge is 0.283 e. The molecule has 13 heavy (non-hydrogen) atoms. The molecule has 0 radical (unpaired) electrons. The van der Waals surface area contributed by atoms with E-state index in [-0.39, 0.29) is 12.6 Å². The maximum atomic E-state index is 12.8. The molecule has 1 aliphatic heterocycles. The summed E-state index contributed by atoms with van der Waals surface area (Å²) in [5, 5.41) is 8.43. The Labute approximate surface area is 77.5 Å². The van der Waals surface area contributed by atoms with Crippen molar-refractivity contribution in [1.82, 2.24) is 4.90 Å². The molecule has 1 fully saturated rings. The molecule has 78 valence electrons. The second-order valence-corrected chi connectivity index (χ2v) is 3.83. The van der Waals surface area contributed by atoms with E-state index in [1.807, 2.05) is 6.92 Å². The molecule has 0 aromatic carbocycles. The average molecular weight is 193 g/mol. The van der Waals surface area contributed by atoms with Crippen LogP contribution in [0.25, 0.3) is 0 Å². The highest BCUT2D eigenvalue weighted by Crippen LogP contribution is 2.21. The van der Waals surface area contributed by atoms with Gasteiger partial charge in [0.1, 0.15) is 6.61 Å². The van der Waals surface area contributed by atoms with E-state index in [0.717, 1.165) is 25.8 Å². The van der Waals surface area contributed by atoms with Crippen molar-refractivity contribution in [2.75, 3.05) is 19.7 Å². The number of aliphatic hydroxyl groups excluding tert-OH is 1. The molecule has 0 amide bonds. The number of hydrogen-bond acceptors (Lipinski definition) is 2. The van der Waals surface area contributed by atoms with Crippen LogP contribution in [0.1, 0.15) is 26.2 Å². The van der Waals surface area contributed by atoms with Crippen molar-refractivity contribution in [3.63, 3.8) is 0 Å². The molecule has 1 atom stereocenters. The number of nitrogens with zero attached hydrogens (tertiary/aromatic N) is 1. The summed E-state index contributed by atoms with van der Waals surface area (Å²) in [7, 11) is 0. The number of halogens is 2. The second-order valence-electron chi connectivity index (χ2n) is 3.83. The first-order valence-electron chi connectivity index (χ1n) is 4.78. The first kappa shape index (κ1) is 10.9. The zero-order valence-electron chi connectivity index (χ0n) is 7.97. The van der Waals surface area contributed by atoms with Crippen LogP contribution in [0.3, 0.4) is 0 Å². The number of rotatable bonds is 3. The average Bonchev–Trinajstić information content (AvgIpc) is 2.09. The van der Waals surface area contributed by atoms with Crippen molar-refractivity contribution in [2.24, 2.45) is 0 Å². The molecule has 1 heterocycles. The third-order valence-electron chi connectivity index (χ3n) is 2.61. The fourth-order valence-corrected chi connectivity index (χ4v) is 1.74. The lowest BCUT2D eigenvalue weighted by Gasteiger charge is -2.35. The first-order chi connectivity index (χ1) is 6.05. The largest absolute Gasteiger partial charge is 0.390 e. The molecular weight excluding hydrogens is 176 g/mol. The summed E-state index contributed by atoms with van der Waals surface area (Å²) in [6.45, 7) is 1.35. The lowest BCUT2D eigenvalue weighted by atomic mass is 10.0. The maximum Gasteiger partial charge on any atom is 0.283 e. The fraction of sp³-hybridized carbons (Fsp3) is 1.00. The van der Waals surface area contributed by atoms with E-state index in [2.05, 4.69) is 0 Å². The molecule has 1 rings (SSSR count). The van der Waals surface area contributed by atoms with Gasteiger partial charge in [0.05, 0.1) is 6.54 Å². The van der Waals surface area contributed by atoms with Gasteiger partial charge in [-0.25, -0.2) is 8.78 Å². The zero-order chi connectivity index (χ0) is 9.90. The third kappa shape index (κ3) is 3.19. The van der Waals surface area contributed by atoms with Crippen molar-refractivity contribution < 1.29 is 13.9 Å². The lowest BCUT2D eigenvalue weighted by Crippen LogP contribution is -2.46. The topological polar surface area (TPSA) is 23.5 Å². The highest BCUT2D eigenvalue weighted by Gasteiger charge is 2.33. The van der Waals surface area contributed by atoms with E-state index in [9.17, 15) is 8.78 Å². The molecule has 1 unspecified atom stereocenters. The van der Waals surface area contributed by atoms with Crippen LogP contribution in [0, 0.1) is 0 Å². The Bertz CT molecular complexity index is 164. The SMILES string of the molecule is CC1CCCCN1CC(F)(F)CO.